The second-order valence-corrected chi connectivity index (χ2v) is 4.88. The van der Waals surface area contributed by atoms with Crippen molar-refractivity contribution in [2.45, 2.75) is 25.7 Å². The highest BCUT2D eigenvalue weighted by atomic mass is 32.1. The number of hydrogen-bond donors (Lipinski definition) is 0. The van der Waals surface area contributed by atoms with Crippen molar-refractivity contribution in [3.63, 3.8) is 0 Å². The molecule has 0 aromatic carbocycles. The van der Waals surface area contributed by atoms with Crippen LogP contribution in [0.25, 0.3) is 0 Å². The minimum Gasteiger partial charge on any atom is -0.293 e. The molecule has 1 amide bonds. The van der Waals surface area contributed by atoms with Gasteiger partial charge in [0.05, 0.1) is 11.5 Å². The van der Waals surface area contributed by atoms with Gasteiger partial charge in [0, 0.05) is 19.4 Å². The van der Waals surface area contributed by atoms with E-state index in [9.17, 15) is 9.59 Å². The van der Waals surface area contributed by atoms with Gasteiger partial charge in [0.25, 0.3) is 0 Å². The van der Waals surface area contributed by atoms with E-state index in [1.807, 2.05) is 11.4 Å². The predicted octanol–water partition coefficient (Wildman–Crippen LogP) is 2.27. The van der Waals surface area contributed by atoms with E-state index in [4.69, 9.17) is 4.84 Å². The van der Waals surface area contributed by atoms with Crippen molar-refractivity contribution < 1.29 is 14.4 Å². The van der Waals surface area contributed by atoms with Crippen molar-refractivity contribution in [1.82, 2.24) is 5.06 Å². The minimum atomic E-state index is -0.0883. The molecule has 0 saturated carbocycles. The lowest BCUT2D eigenvalue weighted by Crippen LogP contribution is -2.35. The number of rotatable bonds is 4. The van der Waals surface area contributed by atoms with Gasteiger partial charge in [-0.1, -0.05) is 6.07 Å². The first kappa shape index (κ1) is 12.3. The molecule has 5 heteroatoms. The van der Waals surface area contributed by atoms with E-state index in [0.717, 1.165) is 17.7 Å². The fourth-order valence-electron chi connectivity index (χ4n) is 1.70. The summed E-state index contributed by atoms with van der Waals surface area (Å²) in [5, 5.41) is 3.26. The number of amides is 1. The van der Waals surface area contributed by atoms with Gasteiger partial charge in [0.1, 0.15) is 0 Å². The summed E-state index contributed by atoms with van der Waals surface area (Å²) in [5.74, 6) is -0.0556. The van der Waals surface area contributed by atoms with Crippen molar-refractivity contribution in [3.05, 3.63) is 22.4 Å². The number of hydrogen-bond acceptors (Lipinski definition) is 4. The Labute approximate surface area is 104 Å². The van der Waals surface area contributed by atoms with Crippen molar-refractivity contribution in [2.75, 3.05) is 13.2 Å². The largest absolute Gasteiger partial charge is 0.293 e. The lowest BCUT2D eigenvalue weighted by Gasteiger charge is -2.25. The Kier molecular flexibility index (Phi) is 4.28. The maximum Gasteiger partial charge on any atom is 0.246 e. The molecule has 2 heterocycles. The first-order valence-corrected chi connectivity index (χ1v) is 6.65. The van der Waals surface area contributed by atoms with E-state index in [-0.39, 0.29) is 24.5 Å². The van der Waals surface area contributed by atoms with E-state index in [2.05, 4.69) is 0 Å². The van der Waals surface area contributed by atoms with Crippen LogP contribution in [0.3, 0.4) is 0 Å². The third-order valence-electron chi connectivity index (χ3n) is 2.64. The molecular formula is C12H15NO3S. The summed E-state index contributed by atoms with van der Waals surface area (Å²) in [6.07, 6.45) is 2.47. The Morgan fingerprint density at radius 3 is 2.88 bits per heavy atom. The minimum absolute atomic E-state index is 0.0327. The standard InChI is InChI=1S/C12H15NO3S/c14-10(11-4-3-9-17-11)5-6-12(15)13-7-1-2-8-16-13/h3-4,9H,1-2,5-8H2. The number of Topliss-reactive ketones (excluding diaryl/α,β-unsaturated/α-hetero) is 1. The molecule has 0 radical (unpaired) electrons. The van der Waals surface area contributed by atoms with Gasteiger partial charge in [-0.3, -0.25) is 14.4 Å². The number of carbonyl (C=O) groups is 2. The molecule has 2 rings (SSSR count). The van der Waals surface area contributed by atoms with E-state index in [0.29, 0.717) is 13.2 Å². The van der Waals surface area contributed by atoms with Crippen LogP contribution in [0.5, 0.6) is 0 Å². The third kappa shape index (κ3) is 3.38. The fourth-order valence-corrected chi connectivity index (χ4v) is 2.39. The zero-order valence-corrected chi connectivity index (χ0v) is 10.4. The maximum absolute atomic E-state index is 11.7. The molecule has 92 valence electrons. The van der Waals surface area contributed by atoms with Crippen LogP contribution in [0, 0.1) is 0 Å². The van der Waals surface area contributed by atoms with E-state index >= 15 is 0 Å². The van der Waals surface area contributed by atoms with Crippen molar-refractivity contribution in [2.24, 2.45) is 0 Å². The SMILES string of the molecule is O=C(CCC(=O)N1CCCCO1)c1cccs1. The Balaban J connectivity index is 1.77. The Hall–Kier alpha value is -1.20. The Bertz CT molecular complexity index is 382. The van der Waals surface area contributed by atoms with Crippen LogP contribution >= 0.6 is 11.3 Å². The van der Waals surface area contributed by atoms with Crippen molar-refractivity contribution in [1.29, 1.82) is 0 Å². The van der Waals surface area contributed by atoms with Crippen LogP contribution in [-0.4, -0.2) is 29.9 Å². The van der Waals surface area contributed by atoms with Crippen LogP contribution in [0.2, 0.25) is 0 Å². The molecule has 0 N–H and O–H groups in total. The topological polar surface area (TPSA) is 46.6 Å². The van der Waals surface area contributed by atoms with Crippen LogP contribution in [0.4, 0.5) is 0 Å². The van der Waals surface area contributed by atoms with Crippen LogP contribution in [0.15, 0.2) is 17.5 Å². The zero-order chi connectivity index (χ0) is 12.1. The predicted molar refractivity (Wildman–Crippen MR) is 64.8 cm³/mol. The van der Waals surface area contributed by atoms with Gasteiger partial charge in [-0.2, -0.15) is 0 Å². The molecule has 1 aromatic heterocycles. The molecule has 1 aromatic rings. The highest BCUT2D eigenvalue weighted by molar-refractivity contribution is 7.12. The Morgan fingerprint density at radius 1 is 1.35 bits per heavy atom. The van der Waals surface area contributed by atoms with Gasteiger partial charge in [-0.25, -0.2) is 5.06 Å². The second-order valence-electron chi connectivity index (χ2n) is 3.94. The summed E-state index contributed by atoms with van der Waals surface area (Å²) >= 11 is 1.41. The van der Waals surface area contributed by atoms with Crippen LogP contribution < -0.4 is 0 Å². The maximum atomic E-state index is 11.7. The molecule has 1 fully saturated rings. The molecule has 0 atom stereocenters. The number of thiophene rings is 1. The normalized spacial score (nSPS) is 15.9. The van der Waals surface area contributed by atoms with Gasteiger partial charge in [-0.05, 0) is 24.3 Å². The highest BCUT2D eigenvalue weighted by Gasteiger charge is 2.18. The molecule has 1 saturated heterocycles. The number of nitrogens with zero attached hydrogens (tertiary/aromatic N) is 1. The van der Waals surface area contributed by atoms with Crippen molar-refractivity contribution in [3.8, 4) is 0 Å². The van der Waals surface area contributed by atoms with Crippen molar-refractivity contribution >= 4 is 23.0 Å². The van der Waals surface area contributed by atoms with Gasteiger partial charge >= 0.3 is 0 Å². The summed E-state index contributed by atoms with van der Waals surface area (Å²) in [4.78, 5) is 29.4. The van der Waals surface area contributed by atoms with E-state index in [1.165, 1.54) is 16.4 Å². The lowest BCUT2D eigenvalue weighted by atomic mass is 10.2. The van der Waals surface area contributed by atoms with E-state index in [1.54, 1.807) is 6.07 Å². The highest BCUT2D eigenvalue weighted by Crippen LogP contribution is 2.14. The molecule has 0 unspecified atom stereocenters. The number of hydroxylamine groups is 2. The number of carbonyl (C=O) groups excluding carboxylic acids is 2. The molecular weight excluding hydrogens is 238 g/mol. The monoisotopic (exact) mass is 253 g/mol. The van der Waals surface area contributed by atoms with Gasteiger partial charge < -0.3 is 0 Å². The Morgan fingerprint density at radius 2 is 2.24 bits per heavy atom. The average Bonchev–Trinajstić information content (AvgIpc) is 2.90. The summed E-state index contributed by atoms with van der Waals surface area (Å²) in [6.45, 7) is 1.25. The average molecular weight is 253 g/mol. The molecule has 0 bridgehead atoms. The second kappa shape index (κ2) is 5.93. The molecule has 1 aliphatic rings. The smallest absolute Gasteiger partial charge is 0.246 e. The summed E-state index contributed by atoms with van der Waals surface area (Å²) < 4.78 is 0. The summed E-state index contributed by atoms with van der Waals surface area (Å²) in [6, 6.07) is 3.63. The zero-order valence-electron chi connectivity index (χ0n) is 9.55. The van der Waals surface area contributed by atoms with E-state index < -0.39 is 0 Å². The quantitative estimate of drug-likeness (QED) is 0.773. The molecule has 17 heavy (non-hydrogen) atoms. The molecule has 1 aliphatic heterocycles. The van der Waals surface area contributed by atoms with Crippen LogP contribution in [0.1, 0.15) is 35.4 Å². The lowest BCUT2D eigenvalue weighted by molar-refractivity contribution is -0.196. The number of ketones is 1. The first-order chi connectivity index (χ1) is 8.27. The van der Waals surface area contributed by atoms with Gasteiger partial charge in [0.15, 0.2) is 5.78 Å². The molecule has 0 aliphatic carbocycles. The third-order valence-corrected chi connectivity index (χ3v) is 3.55. The molecule has 0 spiro atoms. The fraction of sp³-hybridized carbons (Fsp3) is 0.500. The molecule has 4 nitrogen and oxygen atoms in total. The van der Waals surface area contributed by atoms with Crippen LogP contribution in [-0.2, 0) is 9.63 Å². The summed E-state index contributed by atoms with van der Waals surface area (Å²) in [5.41, 5.74) is 0. The van der Waals surface area contributed by atoms with Gasteiger partial charge in [0.2, 0.25) is 5.91 Å². The first-order valence-electron chi connectivity index (χ1n) is 5.77. The van der Waals surface area contributed by atoms with Gasteiger partial charge in [-0.15, -0.1) is 11.3 Å². The summed E-state index contributed by atoms with van der Waals surface area (Å²) in [7, 11) is 0.